The van der Waals surface area contributed by atoms with Crippen LogP contribution in [0.15, 0.2) is 24.3 Å². The Kier molecular flexibility index (Phi) is 7.87. The van der Waals surface area contributed by atoms with Gasteiger partial charge in [0.1, 0.15) is 6.54 Å². The molecule has 0 aliphatic carbocycles. The fourth-order valence-corrected chi connectivity index (χ4v) is 3.20. The average Bonchev–Trinajstić information content (AvgIpc) is 2.93. The van der Waals surface area contributed by atoms with E-state index in [9.17, 15) is 13.2 Å². The van der Waals surface area contributed by atoms with Gasteiger partial charge in [-0.05, 0) is 24.1 Å². The number of hydrogen-bond acceptors (Lipinski definition) is 4. The Bertz CT molecular complexity index is 847. The minimum Gasteiger partial charge on any atom is -0.662 e. The van der Waals surface area contributed by atoms with Crippen LogP contribution >= 0.6 is 0 Å². The second-order valence-electron chi connectivity index (χ2n) is 6.53. The van der Waals surface area contributed by atoms with Crippen LogP contribution in [0.2, 0.25) is 0 Å². The second kappa shape index (κ2) is 9.72. The number of aromatic nitrogens is 1. The molecule has 1 aromatic carbocycles. The second-order valence-corrected chi connectivity index (χ2v) is 6.53. The fraction of sp³-hybridized carbons (Fsp3) is 0.444. The molecule has 0 atom stereocenters. The van der Waals surface area contributed by atoms with Crippen molar-refractivity contribution in [2.75, 3.05) is 25.0 Å². The van der Waals surface area contributed by atoms with Crippen molar-refractivity contribution in [1.29, 1.82) is 0 Å². The van der Waals surface area contributed by atoms with Gasteiger partial charge in [-0.25, -0.2) is 0 Å². The van der Waals surface area contributed by atoms with Crippen molar-refractivity contribution < 1.29 is 32.6 Å². The number of rotatable bonds is 4. The monoisotopic (exact) mass is 481 g/mol. The van der Waals surface area contributed by atoms with Gasteiger partial charge < -0.3 is 15.2 Å². The molecule has 153 valence electrons. The summed E-state index contributed by atoms with van der Waals surface area (Å²) in [5.74, 6) is 16.1. The zero-order valence-electron chi connectivity index (χ0n) is 15.1. The van der Waals surface area contributed by atoms with Gasteiger partial charge in [0.25, 0.3) is 0 Å². The molecule has 0 bridgehead atoms. The maximum absolute atomic E-state index is 13.1. The summed E-state index contributed by atoms with van der Waals surface area (Å²) < 4.78 is 40.5. The molecule has 2 aromatic rings. The molecule has 1 aromatic heterocycles. The van der Waals surface area contributed by atoms with E-state index in [1.165, 1.54) is 4.57 Å². The van der Waals surface area contributed by atoms with Crippen molar-refractivity contribution in [2.45, 2.75) is 31.6 Å². The van der Waals surface area contributed by atoms with E-state index in [0.717, 1.165) is 36.7 Å². The van der Waals surface area contributed by atoms with E-state index in [-0.39, 0.29) is 37.8 Å². The van der Waals surface area contributed by atoms with E-state index >= 15 is 0 Å². The number of nitrogens with two attached hydrogens (primary N) is 2. The molecule has 1 aliphatic rings. The predicted octanol–water partition coefficient (Wildman–Crippen LogP) is 2.55. The number of alkyl halides is 3. The van der Waals surface area contributed by atoms with E-state index in [2.05, 4.69) is 22.5 Å². The Balaban J connectivity index is 0.00000280. The third-order valence-corrected chi connectivity index (χ3v) is 4.39. The summed E-state index contributed by atoms with van der Waals surface area (Å²) in [5.41, 5.74) is 1.57. The molecule has 0 unspecified atom stereocenters. The molecule has 1 saturated heterocycles. The first kappa shape index (κ1) is 22.7. The minimum atomic E-state index is -4.36. The summed E-state index contributed by atoms with van der Waals surface area (Å²) >= 11 is 0. The number of hydrogen-bond donors (Lipinski definition) is 3. The molecule has 5 N–H and O–H groups in total. The van der Waals surface area contributed by atoms with Crippen LogP contribution in [0.25, 0.3) is 16.2 Å². The minimum absolute atomic E-state index is 0. The van der Waals surface area contributed by atoms with Crippen molar-refractivity contribution >= 4 is 16.6 Å². The van der Waals surface area contributed by atoms with E-state index < -0.39 is 12.7 Å². The number of nitrogens with one attached hydrogen (secondary N) is 1. The van der Waals surface area contributed by atoms with Crippen LogP contribution in [-0.2, 0) is 26.0 Å². The molecule has 6 nitrogen and oxygen atoms in total. The first-order valence-electron chi connectivity index (χ1n) is 8.68. The number of anilines is 1. The normalized spacial score (nSPS) is 15.2. The molecule has 28 heavy (non-hydrogen) atoms. The first-order valence-corrected chi connectivity index (χ1v) is 8.68. The molecule has 2 heterocycles. The number of halogens is 3. The molecule has 0 spiro atoms. The van der Waals surface area contributed by atoms with Gasteiger partial charge in [-0.2, -0.15) is 18.3 Å². The summed E-state index contributed by atoms with van der Waals surface area (Å²) in [6, 6.07) is 7.25. The fourth-order valence-electron chi connectivity index (χ4n) is 3.20. The molecule has 10 heteroatoms. The molecule has 1 radical (unpaired) electrons. The Labute approximate surface area is 174 Å². The number of fused-ring (bicyclic) bond motifs is 1. The molecule has 0 amide bonds. The van der Waals surface area contributed by atoms with Crippen LogP contribution in [0.1, 0.15) is 18.5 Å². The topological polar surface area (TPSA) is 86.3 Å². The van der Waals surface area contributed by atoms with E-state index in [1.807, 2.05) is 6.07 Å². The van der Waals surface area contributed by atoms with Crippen LogP contribution in [0.4, 0.5) is 18.9 Å². The quantitative estimate of drug-likeness (QED) is 0.272. The Hall–Kier alpha value is -1.63. The van der Waals surface area contributed by atoms with Crippen LogP contribution in [-0.4, -0.2) is 41.5 Å². The van der Waals surface area contributed by atoms with Crippen LogP contribution in [0.3, 0.4) is 0 Å². The zero-order chi connectivity index (χ0) is 19.4. The smallest absolute Gasteiger partial charge is 0.662 e. The van der Waals surface area contributed by atoms with Crippen molar-refractivity contribution in [1.82, 2.24) is 9.69 Å². The summed E-state index contributed by atoms with van der Waals surface area (Å²) in [6.07, 6.45) is -2.53. The average molecular weight is 480 g/mol. The van der Waals surface area contributed by atoms with Gasteiger partial charge >= 0.3 is 25.7 Å². The Morgan fingerprint density at radius 3 is 2.61 bits per heavy atom. The SMILES string of the molecule is NN(N)CC#Cc1cc2c(NC3CC[N-]CC3)cccc2n1CC(F)(F)F.[Ru+]. The van der Waals surface area contributed by atoms with Crippen LogP contribution in [0.5, 0.6) is 0 Å². The molecule has 1 aliphatic heterocycles. The van der Waals surface area contributed by atoms with Crippen molar-refractivity contribution in [3.8, 4) is 11.8 Å². The zero-order valence-corrected chi connectivity index (χ0v) is 16.9. The number of piperidine rings is 1. The third kappa shape index (κ3) is 5.93. The van der Waals surface area contributed by atoms with Gasteiger partial charge in [-0.1, -0.05) is 24.8 Å². The first-order chi connectivity index (χ1) is 12.8. The largest absolute Gasteiger partial charge is 1.00 e. The maximum atomic E-state index is 13.1. The van der Waals surface area contributed by atoms with Gasteiger partial charge in [0.05, 0.1) is 17.8 Å². The number of hydrazine groups is 2. The molecular weight excluding hydrogens is 458 g/mol. The molecule has 3 rings (SSSR count). The van der Waals surface area contributed by atoms with Crippen molar-refractivity contribution in [2.24, 2.45) is 11.7 Å². The van der Waals surface area contributed by atoms with Gasteiger partial charge in [0.2, 0.25) is 0 Å². The number of benzene rings is 1. The predicted molar refractivity (Wildman–Crippen MR) is 99.7 cm³/mol. The number of nitrogens with zero attached hydrogens (tertiary/aromatic N) is 3. The van der Waals surface area contributed by atoms with Crippen LogP contribution < -0.4 is 17.0 Å². The van der Waals surface area contributed by atoms with Gasteiger partial charge in [-0.3, -0.25) is 11.7 Å². The molecular formula is C18H22F3N6Ru. The summed E-state index contributed by atoms with van der Waals surface area (Å²) in [4.78, 5) is 0. The van der Waals surface area contributed by atoms with Crippen LogP contribution in [0, 0.1) is 11.8 Å². The van der Waals surface area contributed by atoms with Gasteiger partial charge in [0.15, 0.2) is 0 Å². The third-order valence-electron chi connectivity index (χ3n) is 4.39. The maximum Gasteiger partial charge on any atom is 1.00 e. The summed E-state index contributed by atoms with van der Waals surface area (Å²) in [6.45, 7) is 0.535. The van der Waals surface area contributed by atoms with Crippen molar-refractivity contribution in [3.63, 3.8) is 0 Å². The van der Waals surface area contributed by atoms with Crippen molar-refractivity contribution in [3.05, 3.63) is 35.3 Å². The standard InChI is InChI=1S/C18H22F3N6.Ru/c19-18(20,21)12-26-14(3-2-10-27(22)23)11-15-16(4-1-5-17(15)26)25-13-6-8-24-9-7-13;/h1,4-5,11,13,25H,6-10,12,22-23H2;/q-1;+1. The van der Waals surface area contributed by atoms with Gasteiger partial charge in [-0.15, -0.1) is 13.1 Å². The van der Waals surface area contributed by atoms with E-state index in [0.29, 0.717) is 10.9 Å². The molecule has 0 saturated carbocycles. The summed E-state index contributed by atoms with van der Waals surface area (Å²) in [5, 5.41) is 9.37. The van der Waals surface area contributed by atoms with Gasteiger partial charge in [0, 0.05) is 17.1 Å². The Morgan fingerprint density at radius 2 is 1.96 bits per heavy atom. The molecule has 1 fully saturated rings. The Morgan fingerprint density at radius 1 is 1.25 bits per heavy atom. The van der Waals surface area contributed by atoms with E-state index in [1.54, 1.807) is 18.2 Å². The summed E-state index contributed by atoms with van der Waals surface area (Å²) in [7, 11) is 0. The van der Waals surface area contributed by atoms with E-state index in [4.69, 9.17) is 11.7 Å².